The number of nitrogens with two attached hydrogens (primary N) is 1. The fraction of sp³-hybridized carbons (Fsp3) is 0.143. The predicted molar refractivity (Wildman–Crippen MR) is 74.7 cm³/mol. The molecule has 3 N–H and O–H groups in total. The summed E-state index contributed by atoms with van der Waals surface area (Å²) in [4.78, 5) is 0. The number of nitrogens with one attached hydrogen (secondary N) is 1. The predicted octanol–water partition coefficient (Wildman–Crippen LogP) is 4.16. The number of hydrogen-bond acceptors (Lipinski definition) is 2. The van der Waals surface area contributed by atoms with Gasteiger partial charge in [-0.05, 0) is 23.8 Å². The van der Waals surface area contributed by atoms with Crippen LogP contribution in [0.4, 0.5) is 17.6 Å². The molecular formula is C14H11BrF4N2. The first-order valence-corrected chi connectivity index (χ1v) is 6.71. The molecule has 21 heavy (non-hydrogen) atoms. The van der Waals surface area contributed by atoms with Crippen LogP contribution in [0.2, 0.25) is 0 Å². The van der Waals surface area contributed by atoms with Gasteiger partial charge in [-0.15, -0.1) is 0 Å². The van der Waals surface area contributed by atoms with Gasteiger partial charge in [-0.25, -0.2) is 9.82 Å². The Balaban J connectivity index is 2.63. The summed E-state index contributed by atoms with van der Waals surface area (Å²) in [5.74, 6) is 4.73. The van der Waals surface area contributed by atoms with Gasteiger partial charge >= 0.3 is 6.18 Å². The summed E-state index contributed by atoms with van der Waals surface area (Å²) in [6.07, 6.45) is -4.55. The highest BCUT2D eigenvalue weighted by atomic mass is 79.9. The van der Waals surface area contributed by atoms with Crippen LogP contribution in [0, 0.1) is 5.82 Å². The second kappa shape index (κ2) is 6.13. The second-order valence-electron chi connectivity index (χ2n) is 4.32. The molecule has 2 rings (SSSR count). The molecule has 2 nitrogen and oxygen atoms in total. The monoisotopic (exact) mass is 362 g/mol. The molecule has 2 aromatic carbocycles. The van der Waals surface area contributed by atoms with E-state index in [1.165, 1.54) is 30.3 Å². The van der Waals surface area contributed by atoms with Gasteiger partial charge in [0.2, 0.25) is 0 Å². The Morgan fingerprint density at radius 1 is 1.05 bits per heavy atom. The smallest absolute Gasteiger partial charge is 0.271 e. The highest BCUT2D eigenvalue weighted by molar-refractivity contribution is 9.10. The first kappa shape index (κ1) is 15.9. The molecule has 2 aromatic rings. The summed E-state index contributed by atoms with van der Waals surface area (Å²) in [5.41, 5.74) is 1.28. The standard InChI is InChI=1S/C14H11BrF4N2/c15-10-6-3-7-11(16)12(10)13(21-20)8-4-1-2-5-9(8)14(17,18)19/h1-7,13,21H,20H2. The summed E-state index contributed by atoms with van der Waals surface area (Å²) in [5, 5.41) is 0. The third-order valence-electron chi connectivity index (χ3n) is 3.03. The van der Waals surface area contributed by atoms with Gasteiger partial charge in [-0.1, -0.05) is 40.2 Å². The molecule has 0 fully saturated rings. The van der Waals surface area contributed by atoms with Crippen LogP contribution in [-0.4, -0.2) is 0 Å². The van der Waals surface area contributed by atoms with Crippen LogP contribution in [0.25, 0.3) is 0 Å². The third-order valence-corrected chi connectivity index (χ3v) is 3.72. The van der Waals surface area contributed by atoms with Crippen LogP contribution >= 0.6 is 15.9 Å². The van der Waals surface area contributed by atoms with E-state index in [9.17, 15) is 17.6 Å². The molecule has 0 saturated heterocycles. The summed E-state index contributed by atoms with van der Waals surface area (Å²) >= 11 is 3.14. The lowest BCUT2D eigenvalue weighted by atomic mass is 9.94. The van der Waals surface area contributed by atoms with E-state index in [-0.39, 0.29) is 11.1 Å². The molecule has 1 atom stereocenters. The Labute approximate surface area is 127 Å². The molecule has 0 aliphatic heterocycles. The van der Waals surface area contributed by atoms with Crippen molar-refractivity contribution in [2.75, 3.05) is 0 Å². The largest absolute Gasteiger partial charge is 0.416 e. The molecule has 1 unspecified atom stereocenters. The minimum absolute atomic E-state index is 0.0247. The lowest BCUT2D eigenvalue weighted by molar-refractivity contribution is -0.138. The second-order valence-corrected chi connectivity index (χ2v) is 5.17. The SMILES string of the molecule is NNC(c1ccccc1C(F)(F)F)c1c(F)cccc1Br. The summed E-state index contributed by atoms with van der Waals surface area (Å²) in [6, 6.07) is 7.96. The molecular weight excluding hydrogens is 352 g/mol. The van der Waals surface area contributed by atoms with Gasteiger partial charge in [0.05, 0.1) is 11.6 Å². The van der Waals surface area contributed by atoms with Crippen LogP contribution in [0.5, 0.6) is 0 Å². The van der Waals surface area contributed by atoms with Crippen LogP contribution in [0.3, 0.4) is 0 Å². The first-order chi connectivity index (χ1) is 9.86. The Morgan fingerprint density at radius 2 is 1.71 bits per heavy atom. The Bertz CT molecular complexity index is 623. The highest BCUT2D eigenvalue weighted by Crippen LogP contribution is 2.38. The maximum atomic E-state index is 14.0. The van der Waals surface area contributed by atoms with Gasteiger partial charge in [0.1, 0.15) is 5.82 Å². The van der Waals surface area contributed by atoms with Crippen LogP contribution in [0.15, 0.2) is 46.9 Å². The number of benzene rings is 2. The molecule has 0 spiro atoms. The fourth-order valence-corrected chi connectivity index (χ4v) is 2.69. The number of alkyl halides is 3. The zero-order valence-corrected chi connectivity index (χ0v) is 12.2. The molecule has 0 radical (unpaired) electrons. The zero-order valence-electron chi connectivity index (χ0n) is 10.6. The molecule has 0 aliphatic carbocycles. The van der Waals surface area contributed by atoms with Crippen molar-refractivity contribution in [2.45, 2.75) is 12.2 Å². The average Bonchev–Trinajstić information content (AvgIpc) is 2.42. The van der Waals surface area contributed by atoms with Crippen molar-refractivity contribution < 1.29 is 17.6 Å². The average molecular weight is 363 g/mol. The number of rotatable bonds is 3. The van der Waals surface area contributed by atoms with Crippen molar-refractivity contribution in [3.05, 3.63) is 69.4 Å². The molecule has 0 bridgehead atoms. The summed E-state index contributed by atoms with van der Waals surface area (Å²) < 4.78 is 53.6. The maximum absolute atomic E-state index is 14.0. The van der Waals surface area contributed by atoms with E-state index in [0.717, 1.165) is 6.07 Å². The van der Waals surface area contributed by atoms with E-state index < -0.39 is 23.6 Å². The van der Waals surface area contributed by atoms with Crippen molar-refractivity contribution in [1.29, 1.82) is 0 Å². The number of hydrogen-bond donors (Lipinski definition) is 2. The van der Waals surface area contributed by atoms with Crippen LogP contribution in [0.1, 0.15) is 22.7 Å². The molecule has 0 heterocycles. The van der Waals surface area contributed by atoms with Gasteiger partial charge in [-0.3, -0.25) is 5.84 Å². The topological polar surface area (TPSA) is 38.0 Å². The van der Waals surface area contributed by atoms with E-state index in [0.29, 0.717) is 4.47 Å². The lowest BCUT2D eigenvalue weighted by Crippen LogP contribution is -2.31. The van der Waals surface area contributed by atoms with Crippen molar-refractivity contribution in [1.82, 2.24) is 5.43 Å². The summed E-state index contributed by atoms with van der Waals surface area (Å²) in [6.45, 7) is 0. The number of halogens is 5. The molecule has 0 aromatic heterocycles. The Kier molecular flexibility index (Phi) is 4.65. The van der Waals surface area contributed by atoms with E-state index in [1.54, 1.807) is 6.07 Å². The van der Waals surface area contributed by atoms with Crippen molar-refractivity contribution in [2.24, 2.45) is 5.84 Å². The zero-order chi connectivity index (χ0) is 15.6. The summed E-state index contributed by atoms with van der Waals surface area (Å²) in [7, 11) is 0. The van der Waals surface area contributed by atoms with E-state index in [2.05, 4.69) is 21.4 Å². The fourth-order valence-electron chi connectivity index (χ4n) is 2.12. The van der Waals surface area contributed by atoms with Gasteiger partial charge in [-0.2, -0.15) is 13.2 Å². The van der Waals surface area contributed by atoms with Gasteiger partial charge in [0.15, 0.2) is 0 Å². The van der Waals surface area contributed by atoms with Gasteiger partial charge in [0, 0.05) is 10.0 Å². The number of hydrazine groups is 1. The van der Waals surface area contributed by atoms with Crippen LogP contribution in [-0.2, 0) is 6.18 Å². The van der Waals surface area contributed by atoms with E-state index in [4.69, 9.17) is 5.84 Å². The first-order valence-electron chi connectivity index (χ1n) is 5.92. The van der Waals surface area contributed by atoms with Crippen LogP contribution < -0.4 is 11.3 Å². The van der Waals surface area contributed by atoms with E-state index >= 15 is 0 Å². The van der Waals surface area contributed by atoms with Crippen molar-refractivity contribution >= 4 is 15.9 Å². The molecule has 0 aliphatic rings. The molecule has 0 saturated carbocycles. The minimum Gasteiger partial charge on any atom is -0.271 e. The molecule has 112 valence electrons. The normalized spacial score (nSPS) is 13.2. The lowest BCUT2D eigenvalue weighted by Gasteiger charge is -2.22. The van der Waals surface area contributed by atoms with E-state index in [1.807, 2.05) is 0 Å². The molecule has 0 amide bonds. The minimum atomic E-state index is -4.55. The van der Waals surface area contributed by atoms with Crippen molar-refractivity contribution in [3.8, 4) is 0 Å². The van der Waals surface area contributed by atoms with Gasteiger partial charge < -0.3 is 0 Å². The maximum Gasteiger partial charge on any atom is 0.416 e. The Morgan fingerprint density at radius 3 is 2.29 bits per heavy atom. The quantitative estimate of drug-likeness (QED) is 0.488. The van der Waals surface area contributed by atoms with Crippen molar-refractivity contribution in [3.63, 3.8) is 0 Å². The molecule has 7 heteroatoms. The van der Waals surface area contributed by atoms with Gasteiger partial charge in [0.25, 0.3) is 0 Å². The highest BCUT2D eigenvalue weighted by Gasteiger charge is 2.36. The third kappa shape index (κ3) is 3.25. The Hall–Kier alpha value is -1.44.